The molecule has 2 aromatic rings. The van der Waals surface area contributed by atoms with Crippen LogP contribution in [0.2, 0.25) is 0 Å². The molecular weight excluding hydrogens is 236 g/mol. The molecular formula is C12H12N2O4. The van der Waals surface area contributed by atoms with E-state index in [1.54, 1.807) is 19.2 Å². The Kier molecular flexibility index (Phi) is 3.57. The van der Waals surface area contributed by atoms with Gasteiger partial charge in [0.05, 0.1) is 13.0 Å². The van der Waals surface area contributed by atoms with Gasteiger partial charge < -0.3 is 14.1 Å². The number of H-pyrrole nitrogens is 1. The first-order valence-electron chi connectivity index (χ1n) is 5.48. The van der Waals surface area contributed by atoms with E-state index < -0.39 is 5.97 Å². The van der Waals surface area contributed by atoms with Crippen molar-refractivity contribution in [2.75, 3.05) is 6.61 Å². The van der Waals surface area contributed by atoms with E-state index in [1.807, 2.05) is 0 Å². The molecule has 1 N–H and O–H groups in total. The third-order valence-electron chi connectivity index (χ3n) is 2.24. The monoisotopic (exact) mass is 248 g/mol. The predicted molar refractivity (Wildman–Crippen MR) is 62.3 cm³/mol. The number of carbonyl (C=O) groups is 1. The predicted octanol–water partition coefficient (Wildman–Crippen LogP) is 1.13. The number of rotatable bonds is 4. The number of nitrogens with one attached hydrogen (secondary N) is 1. The number of aromatic nitrogens is 2. The lowest BCUT2D eigenvalue weighted by Crippen LogP contribution is -2.05. The lowest BCUT2D eigenvalue weighted by molar-refractivity contribution is 0.0519. The van der Waals surface area contributed by atoms with Gasteiger partial charge in [0.15, 0.2) is 11.6 Å². The van der Waals surface area contributed by atoms with E-state index in [4.69, 9.17) is 9.15 Å². The van der Waals surface area contributed by atoms with Crippen LogP contribution in [0.1, 0.15) is 28.9 Å². The third-order valence-corrected chi connectivity index (χ3v) is 2.24. The molecule has 2 aromatic heterocycles. The van der Waals surface area contributed by atoms with Crippen molar-refractivity contribution in [3.63, 3.8) is 0 Å². The highest BCUT2D eigenvalue weighted by molar-refractivity contribution is 5.86. The lowest BCUT2D eigenvalue weighted by atomic mass is 10.2. The molecule has 0 bridgehead atoms. The molecule has 0 saturated heterocycles. The fourth-order valence-electron chi connectivity index (χ4n) is 1.42. The van der Waals surface area contributed by atoms with Gasteiger partial charge in [0.25, 0.3) is 0 Å². The maximum atomic E-state index is 11.4. The van der Waals surface area contributed by atoms with Crippen LogP contribution in [0.15, 0.2) is 33.8 Å². The molecule has 0 fully saturated rings. The fourth-order valence-corrected chi connectivity index (χ4v) is 1.42. The normalized spacial score (nSPS) is 10.3. The zero-order chi connectivity index (χ0) is 13.0. The molecule has 0 aliphatic carbocycles. The smallest absolute Gasteiger partial charge is 0.360 e. The number of carbonyl (C=O) groups excluding carboxylic acids is 1. The van der Waals surface area contributed by atoms with Crippen molar-refractivity contribution >= 4 is 5.97 Å². The number of pyridine rings is 1. The van der Waals surface area contributed by atoms with Gasteiger partial charge in [-0.15, -0.1) is 0 Å². The van der Waals surface area contributed by atoms with E-state index >= 15 is 0 Å². The first-order chi connectivity index (χ1) is 8.69. The van der Waals surface area contributed by atoms with Crippen molar-refractivity contribution in [1.82, 2.24) is 9.97 Å². The first kappa shape index (κ1) is 12.1. The molecule has 0 radical (unpaired) electrons. The zero-order valence-corrected chi connectivity index (χ0v) is 9.80. The van der Waals surface area contributed by atoms with Crippen LogP contribution in [0.4, 0.5) is 0 Å². The van der Waals surface area contributed by atoms with Crippen molar-refractivity contribution in [2.24, 2.45) is 0 Å². The number of hydrogen-bond donors (Lipinski definition) is 1. The number of aromatic amines is 1. The van der Waals surface area contributed by atoms with Crippen LogP contribution < -0.4 is 5.56 Å². The molecule has 2 rings (SSSR count). The van der Waals surface area contributed by atoms with Gasteiger partial charge in [-0.25, -0.2) is 9.78 Å². The van der Waals surface area contributed by atoms with Crippen molar-refractivity contribution in [3.8, 4) is 0 Å². The van der Waals surface area contributed by atoms with E-state index in [-0.39, 0.29) is 11.3 Å². The highest BCUT2D eigenvalue weighted by Crippen LogP contribution is 2.08. The maximum Gasteiger partial charge on any atom is 0.360 e. The Morgan fingerprint density at radius 3 is 3.00 bits per heavy atom. The SMILES string of the molecule is CCOC(=O)c1coc(Cc2ccc(=O)[nH]c2)n1. The quantitative estimate of drug-likeness (QED) is 0.820. The Labute approximate surface area is 103 Å². The van der Waals surface area contributed by atoms with Gasteiger partial charge in [-0.3, -0.25) is 4.79 Å². The largest absolute Gasteiger partial charge is 0.461 e. The number of esters is 1. The number of nitrogens with zero attached hydrogens (tertiary/aromatic N) is 1. The van der Waals surface area contributed by atoms with Crippen LogP contribution >= 0.6 is 0 Å². The average Bonchev–Trinajstić information content (AvgIpc) is 2.81. The Morgan fingerprint density at radius 2 is 2.33 bits per heavy atom. The van der Waals surface area contributed by atoms with E-state index in [0.717, 1.165) is 5.56 Å². The molecule has 0 aromatic carbocycles. The van der Waals surface area contributed by atoms with E-state index in [2.05, 4.69) is 9.97 Å². The van der Waals surface area contributed by atoms with Gasteiger partial charge in [-0.1, -0.05) is 6.07 Å². The molecule has 0 saturated carbocycles. The van der Waals surface area contributed by atoms with Gasteiger partial charge in [-0.05, 0) is 12.5 Å². The standard InChI is InChI=1S/C12H12N2O4/c1-2-17-12(16)9-7-18-11(14-9)5-8-3-4-10(15)13-6-8/h3-4,6-7H,2,5H2,1H3,(H,13,15). The van der Waals surface area contributed by atoms with Crippen LogP contribution in [0.3, 0.4) is 0 Å². The van der Waals surface area contributed by atoms with Crippen LogP contribution in [-0.4, -0.2) is 22.5 Å². The Hall–Kier alpha value is -2.37. The van der Waals surface area contributed by atoms with Crippen LogP contribution in [0.25, 0.3) is 0 Å². The summed E-state index contributed by atoms with van der Waals surface area (Å²) in [5.41, 5.74) is 0.821. The second-order valence-electron chi connectivity index (χ2n) is 3.58. The van der Waals surface area contributed by atoms with Crippen molar-refractivity contribution in [1.29, 1.82) is 0 Å². The Bertz CT molecular complexity index is 580. The molecule has 0 unspecified atom stereocenters. The maximum absolute atomic E-state index is 11.4. The summed E-state index contributed by atoms with van der Waals surface area (Å²) < 4.78 is 9.96. The number of oxazole rings is 1. The fraction of sp³-hybridized carbons (Fsp3) is 0.250. The Balaban J connectivity index is 2.09. The minimum atomic E-state index is -0.506. The van der Waals surface area contributed by atoms with Crippen molar-refractivity contribution in [2.45, 2.75) is 13.3 Å². The molecule has 6 nitrogen and oxygen atoms in total. The van der Waals surface area contributed by atoms with Crippen LogP contribution in [-0.2, 0) is 11.2 Å². The summed E-state index contributed by atoms with van der Waals surface area (Å²) in [7, 11) is 0. The Morgan fingerprint density at radius 1 is 1.50 bits per heavy atom. The van der Waals surface area contributed by atoms with E-state index in [9.17, 15) is 9.59 Å². The van der Waals surface area contributed by atoms with Crippen molar-refractivity contribution in [3.05, 3.63) is 52.1 Å². The average molecular weight is 248 g/mol. The third kappa shape index (κ3) is 2.85. The van der Waals surface area contributed by atoms with E-state index in [0.29, 0.717) is 18.9 Å². The van der Waals surface area contributed by atoms with Crippen molar-refractivity contribution < 1.29 is 13.9 Å². The highest BCUT2D eigenvalue weighted by atomic mass is 16.5. The van der Waals surface area contributed by atoms with Gasteiger partial charge >= 0.3 is 5.97 Å². The molecule has 0 aliphatic rings. The molecule has 2 heterocycles. The summed E-state index contributed by atoms with van der Waals surface area (Å²) >= 11 is 0. The summed E-state index contributed by atoms with van der Waals surface area (Å²) in [4.78, 5) is 28.8. The molecule has 18 heavy (non-hydrogen) atoms. The summed E-state index contributed by atoms with van der Waals surface area (Å²) in [5, 5.41) is 0. The second-order valence-corrected chi connectivity index (χ2v) is 3.58. The number of ether oxygens (including phenoxy) is 1. The summed E-state index contributed by atoms with van der Waals surface area (Å²) in [6, 6.07) is 3.09. The summed E-state index contributed by atoms with van der Waals surface area (Å²) in [6.07, 6.45) is 3.24. The first-order valence-corrected chi connectivity index (χ1v) is 5.48. The molecule has 0 aliphatic heterocycles. The minimum Gasteiger partial charge on any atom is -0.461 e. The minimum absolute atomic E-state index is 0.149. The lowest BCUT2D eigenvalue weighted by Gasteiger charge is -1.96. The molecule has 6 heteroatoms. The topological polar surface area (TPSA) is 85.2 Å². The van der Waals surface area contributed by atoms with E-state index in [1.165, 1.54) is 12.3 Å². The molecule has 0 atom stereocenters. The van der Waals surface area contributed by atoms with Gasteiger partial charge in [0.2, 0.25) is 5.56 Å². The summed E-state index contributed by atoms with van der Waals surface area (Å²) in [5.74, 6) is -0.112. The van der Waals surface area contributed by atoms with Gasteiger partial charge in [-0.2, -0.15) is 0 Å². The van der Waals surface area contributed by atoms with Gasteiger partial charge in [0.1, 0.15) is 6.26 Å². The number of hydrogen-bond acceptors (Lipinski definition) is 5. The summed E-state index contributed by atoms with van der Waals surface area (Å²) in [6.45, 7) is 2.01. The second kappa shape index (κ2) is 5.31. The van der Waals surface area contributed by atoms with Gasteiger partial charge in [0, 0.05) is 12.3 Å². The molecule has 94 valence electrons. The van der Waals surface area contributed by atoms with Crippen LogP contribution in [0, 0.1) is 0 Å². The van der Waals surface area contributed by atoms with Crippen LogP contribution in [0.5, 0.6) is 0 Å². The molecule has 0 amide bonds. The highest BCUT2D eigenvalue weighted by Gasteiger charge is 2.13. The zero-order valence-electron chi connectivity index (χ0n) is 9.80. The molecule has 0 spiro atoms.